The van der Waals surface area contributed by atoms with Crippen LogP contribution in [0.4, 0.5) is 13.2 Å². The topological polar surface area (TPSA) is 26.3 Å². The standard InChI is InChI=1S/C25H17F3O2/c1-30-24(29)21-12-10-18(11-13-21)6-2-3-7-19-8-4-5-9-23(19)20-14-16-22(17-15-20)25(26,27)28/h3-5,7-17H,1H3/b7-3+. The largest absolute Gasteiger partial charge is 0.465 e. The van der Waals surface area contributed by atoms with E-state index in [4.69, 9.17) is 0 Å². The van der Waals surface area contributed by atoms with Gasteiger partial charge in [0.1, 0.15) is 0 Å². The normalized spacial score (nSPS) is 11.1. The third kappa shape index (κ3) is 5.18. The predicted octanol–water partition coefficient (Wildman–Crippen LogP) is 6.22. The van der Waals surface area contributed by atoms with E-state index in [9.17, 15) is 18.0 Å². The number of alkyl halides is 3. The van der Waals surface area contributed by atoms with Gasteiger partial charge in [-0.05, 0) is 65.2 Å². The van der Waals surface area contributed by atoms with E-state index in [1.165, 1.54) is 19.2 Å². The van der Waals surface area contributed by atoms with Gasteiger partial charge in [0.15, 0.2) is 0 Å². The Labute approximate surface area is 172 Å². The summed E-state index contributed by atoms with van der Waals surface area (Å²) in [5.41, 5.74) is 2.85. The zero-order valence-corrected chi connectivity index (χ0v) is 16.0. The highest BCUT2D eigenvalue weighted by Crippen LogP contribution is 2.32. The van der Waals surface area contributed by atoms with Crippen LogP contribution in [0.3, 0.4) is 0 Å². The molecule has 5 heteroatoms. The molecule has 0 aliphatic rings. The van der Waals surface area contributed by atoms with Crippen molar-refractivity contribution < 1.29 is 22.7 Å². The van der Waals surface area contributed by atoms with E-state index in [0.717, 1.165) is 28.8 Å². The number of rotatable bonds is 3. The maximum Gasteiger partial charge on any atom is 0.416 e. The number of esters is 1. The SMILES string of the molecule is COC(=O)c1ccc(C#C/C=C/c2ccccc2-c2ccc(C(F)(F)F)cc2)cc1. The van der Waals surface area contributed by atoms with Crippen LogP contribution in [0, 0.1) is 11.8 Å². The van der Waals surface area contributed by atoms with E-state index in [1.807, 2.05) is 30.3 Å². The molecule has 150 valence electrons. The zero-order valence-electron chi connectivity index (χ0n) is 16.0. The molecule has 0 radical (unpaired) electrons. The van der Waals surface area contributed by atoms with E-state index >= 15 is 0 Å². The van der Waals surface area contributed by atoms with Crippen LogP contribution in [-0.4, -0.2) is 13.1 Å². The molecule has 2 nitrogen and oxygen atoms in total. The average Bonchev–Trinajstić information content (AvgIpc) is 2.76. The van der Waals surface area contributed by atoms with Gasteiger partial charge in [0.25, 0.3) is 0 Å². The Hall–Kier alpha value is -3.78. The lowest BCUT2D eigenvalue weighted by Crippen LogP contribution is -2.04. The van der Waals surface area contributed by atoms with Gasteiger partial charge < -0.3 is 4.74 Å². The van der Waals surface area contributed by atoms with Crippen LogP contribution < -0.4 is 0 Å². The van der Waals surface area contributed by atoms with Gasteiger partial charge in [-0.15, -0.1) is 0 Å². The smallest absolute Gasteiger partial charge is 0.416 e. The second kappa shape index (κ2) is 9.15. The first kappa shape index (κ1) is 20.9. The van der Waals surface area contributed by atoms with Crippen molar-refractivity contribution in [3.8, 4) is 23.0 Å². The fourth-order valence-corrected chi connectivity index (χ4v) is 2.81. The molecule has 30 heavy (non-hydrogen) atoms. The Kier molecular flexibility index (Phi) is 6.38. The average molecular weight is 406 g/mol. The number of hydrogen-bond acceptors (Lipinski definition) is 2. The minimum Gasteiger partial charge on any atom is -0.465 e. The molecular formula is C25H17F3O2. The molecule has 0 spiro atoms. The Morgan fingerprint density at radius 1 is 0.933 bits per heavy atom. The van der Waals surface area contributed by atoms with Gasteiger partial charge in [0.05, 0.1) is 18.2 Å². The molecule has 0 amide bonds. The van der Waals surface area contributed by atoms with E-state index < -0.39 is 17.7 Å². The first-order valence-corrected chi connectivity index (χ1v) is 9.01. The van der Waals surface area contributed by atoms with Crippen molar-refractivity contribution in [2.24, 2.45) is 0 Å². The molecule has 3 aromatic rings. The monoisotopic (exact) mass is 406 g/mol. The van der Waals surface area contributed by atoms with Gasteiger partial charge in [-0.3, -0.25) is 0 Å². The summed E-state index contributed by atoms with van der Waals surface area (Å²) in [6.07, 6.45) is -0.872. The second-order valence-electron chi connectivity index (χ2n) is 6.33. The van der Waals surface area contributed by atoms with E-state index in [2.05, 4.69) is 16.6 Å². The van der Waals surface area contributed by atoms with E-state index in [0.29, 0.717) is 11.1 Å². The van der Waals surface area contributed by atoms with E-state index in [1.54, 1.807) is 30.3 Å². The summed E-state index contributed by atoms with van der Waals surface area (Å²) in [5, 5.41) is 0. The molecule has 0 aliphatic carbocycles. The lowest BCUT2D eigenvalue weighted by Gasteiger charge is -2.09. The third-order valence-corrected chi connectivity index (χ3v) is 4.35. The summed E-state index contributed by atoms with van der Waals surface area (Å²) < 4.78 is 43.0. The number of benzene rings is 3. The Bertz CT molecular complexity index is 1110. The molecule has 0 saturated carbocycles. The van der Waals surface area contributed by atoms with Crippen LogP contribution in [-0.2, 0) is 10.9 Å². The van der Waals surface area contributed by atoms with Crippen LogP contribution in [0.25, 0.3) is 17.2 Å². The summed E-state index contributed by atoms with van der Waals surface area (Å²) in [6, 6.07) is 19.2. The summed E-state index contributed by atoms with van der Waals surface area (Å²) >= 11 is 0. The number of hydrogen-bond donors (Lipinski definition) is 0. The van der Waals surface area contributed by atoms with Crippen molar-refractivity contribution in [1.29, 1.82) is 0 Å². The van der Waals surface area contributed by atoms with Crippen LogP contribution in [0.15, 0.2) is 78.9 Å². The predicted molar refractivity (Wildman–Crippen MR) is 111 cm³/mol. The van der Waals surface area contributed by atoms with Crippen molar-refractivity contribution in [1.82, 2.24) is 0 Å². The van der Waals surface area contributed by atoms with Crippen LogP contribution in [0.5, 0.6) is 0 Å². The molecule has 3 rings (SSSR count). The van der Waals surface area contributed by atoms with Gasteiger partial charge in [0.2, 0.25) is 0 Å². The Morgan fingerprint density at radius 3 is 2.23 bits per heavy atom. The maximum absolute atomic E-state index is 12.8. The number of carbonyl (C=O) groups excluding carboxylic acids is 1. The Balaban J connectivity index is 1.78. The molecule has 0 aromatic heterocycles. The summed E-state index contributed by atoms with van der Waals surface area (Å²) in [5.74, 6) is 5.49. The molecule has 3 aromatic carbocycles. The molecule has 0 saturated heterocycles. The van der Waals surface area contributed by atoms with Crippen molar-refractivity contribution in [3.05, 3.63) is 101 Å². The first-order chi connectivity index (χ1) is 14.4. The number of carbonyl (C=O) groups is 1. The Morgan fingerprint density at radius 2 is 1.60 bits per heavy atom. The molecule has 0 heterocycles. The fourth-order valence-electron chi connectivity index (χ4n) is 2.81. The minimum absolute atomic E-state index is 0.408. The highest BCUT2D eigenvalue weighted by Gasteiger charge is 2.29. The molecule has 0 fully saturated rings. The summed E-state index contributed by atoms with van der Waals surface area (Å²) in [6.45, 7) is 0. The third-order valence-electron chi connectivity index (χ3n) is 4.35. The second-order valence-corrected chi connectivity index (χ2v) is 6.33. The summed E-state index contributed by atoms with van der Waals surface area (Å²) in [7, 11) is 1.32. The van der Waals surface area contributed by atoms with Crippen LogP contribution in [0.1, 0.15) is 27.0 Å². The summed E-state index contributed by atoms with van der Waals surface area (Å²) in [4.78, 5) is 11.4. The number of allylic oxidation sites excluding steroid dienone is 1. The molecule has 0 unspecified atom stereocenters. The van der Waals surface area contributed by atoms with Crippen molar-refractivity contribution in [3.63, 3.8) is 0 Å². The van der Waals surface area contributed by atoms with Crippen molar-refractivity contribution in [2.75, 3.05) is 7.11 Å². The van der Waals surface area contributed by atoms with Crippen LogP contribution >= 0.6 is 0 Å². The minimum atomic E-state index is -4.36. The van der Waals surface area contributed by atoms with Gasteiger partial charge in [-0.1, -0.05) is 48.2 Å². The lowest BCUT2D eigenvalue weighted by atomic mass is 9.98. The molecule has 0 atom stereocenters. The molecular weight excluding hydrogens is 389 g/mol. The van der Waals surface area contributed by atoms with Gasteiger partial charge in [-0.25, -0.2) is 4.79 Å². The molecule has 0 bridgehead atoms. The quantitative estimate of drug-likeness (QED) is 0.381. The van der Waals surface area contributed by atoms with Gasteiger partial charge in [0, 0.05) is 5.56 Å². The zero-order chi connectivity index (χ0) is 21.6. The number of methoxy groups -OCH3 is 1. The first-order valence-electron chi connectivity index (χ1n) is 9.01. The lowest BCUT2D eigenvalue weighted by molar-refractivity contribution is -0.137. The van der Waals surface area contributed by atoms with E-state index in [-0.39, 0.29) is 0 Å². The van der Waals surface area contributed by atoms with Crippen LogP contribution in [0.2, 0.25) is 0 Å². The number of halogens is 3. The fraction of sp³-hybridized carbons (Fsp3) is 0.0800. The highest BCUT2D eigenvalue weighted by molar-refractivity contribution is 5.89. The van der Waals surface area contributed by atoms with Crippen molar-refractivity contribution in [2.45, 2.75) is 6.18 Å². The van der Waals surface area contributed by atoms with Crippen molar-refractivity contribution >= 4 is 12.0 Å². The van der Waals surface area contributed by atoms with Gasteiger partial charge in [-0.2, -0.15) is 13.2 Å². The van der Waals surface area contributed by atoms with Gasteiger partial charge >= 0.3 is 12.1 Å². The highest BCUT2D eigenvalue weighted by atomic mass is 19.4. The number of ether oxygens (including phenoxy) is 1. The molecule has 0 aliphatic heterocycles. The molecule has 0 N–H and O–H groups in total. The maximum atomic E-state index is 12.8.